The monoisotopic (exact) mass is 443 g/mol. The van der Waals surface area contributed by atoms with Crippen molar-refractivity contribution in [2.45, 2.75) is 6.54 Å². The van der Waals surface area contributed by atoms with Crippen molar-refractivity contribution < 1.29 is 18.4 Å². The third kappa shape index (κ3) is 4.35. The summed E-state index contributed by atoms with van der Waals surface area (Å²) >= 11 is 12.0. The number of amides is 1. The number of ether oxygens (including phenoxy) is 1. The van der Waals surface area contributed by atoms with E-state index in [2.05, 4.69) is 5.32 Å². The van der Waals surface area contributed by atoms with E-state index in [0.717, 1.165) is 0 Å². The molecule has 1 amide bonds. The molecule has 0 aliphatic rings. The molecule has 2 aromatic carbocycles. The van der Waals surface area contributed by atoms with Crippen molar-refractivity contribution in [3.05, 3.63) is 86.9 Å². The standard InChI is InChI=1S/C22H15Cl2NO5/c23-14-5-3-13(4-6-14)21-22(20(27)17-10-15(24)7-8-18(17)30-21)29-12-19(26)25-11-16-2-1-9-28-16/h1-10H,11-12H2,(H,25,26). The molecule has 0 spiro atoms. The third-order valence-corrected chi connectivity index (χ3v) is 4.79. The average Bonchev–Trinajstić information content (AvgIpc) is 3.26. The lowest BCUT2D eigenvalue weighted by Crippen LogP contribution is -2.29. The van der Waals surface area contributed by atoms with E-state index in [0.29, 0.717) is 27.0 Å². The molecule has 0 aliphatic heterocycles. The van der Waals surface area contributed by atoms with E-state index in [1.807, 2.05) is 0 Å². The predicted molar refractivity (Wildman–Crippen MR) is 114 cm³/mol. The van der Waals surface area contributed by atoms with Crippen LogP contribution in [0.2, 0.25) is 10.0 Å². The summed E-state index contributed by atoms with van der Waals surface area (Å²) in [6.07, 6.45) is 1.52. The van der Waals surface area contributed by atoms with Gasteiger partial charge >= 0.3 is 0 Å². The molecule has 8 heteroatoms. The van der Waals surface area contributed by atoms with Gasteiger partial charge in [0.2, 0.25) is 11.2 Å². The molecule has 2 heterocycles. The second-order valence-corrected chi connectivity index (χ2v) is 7.25. The van der Waals surface area contributed by atoms with Crippen molar-refractivity contribution in [2.24, 2.45) is 0 Å². The zero-order chi connectivity index (χ0) is 21.1. The van der Waals surface area contributed by atoms with E-state index in [1.54, 1.807) is 48.5 Å². The van der Waals surface area contributed by atoms with Crippen molar-refractivity contribution in [3.8, 4) is 17.1 Å². The van der Waals surface area contributed by atoms with Gasteiger partial charge in [-0.15, -0.1) is 0 Å². The van der Waals surface area contributed by atoms with Gasteiger partial charge in [-0.3, -0.25) is 9.59 Å². The Morgan fingerprint density at radius 3 is 2.53 bits per heavy atom. The van der Waals surface area contributed by atoms with E-state index in [1.165, 1.54) is 12.3 Å². The van der Waals surface area contributed by atoms with Crippen LogP contribution in [0.3, 0.4) is 0 Å². The maximum absolute atomic E-state index is 13.1. The topological polar surface area (TPSA) is 81.7 Å². The van der Waals surface area contributed by atoms with Gasteiger partial charge in [-0.1, -0.05) is 23.2 Å². The maximum Gasteiger partial charge on any atom is 0.258 e. The first-order valence-electron chi connectivity index (χ1n) is 8.95. The number of halogens is 2. The van der Waals surface area contributed by atoms with E-state index >= 15 is 0 Å². The van der Waals surface area contributed by atoms with Gasteiger partial charge in [0, 0.05) is 15.6 Å². The fourth-order valence-corrected chi connectivity index (χ4v) is 3.16. The summed E-state index contributed by atoms with van der Waals surface area (Å²) in [5, 5.41) is 3.84. The molecular weight excluding hydrogens is 429 g/mol. The number of carbonyl (C=O) groups is 1. The van der Waals surface area contributed by atoms with Crippen LogP contribution in [-0.4, -0.2) is 12.5 Å². The minimum Gasteiger partial charge on any atom is -0.476 e. The molecule has 1 N–H and O–H groups in total. The Morgan fingerprint density at radius 1 is 1.03 bits per heavy atom. The van der Waals surface area contributed by atoms with Crippen LogP contribution in [0, 0.1) is 0 Å². The quantitative estimate of drug-likeness (QED) is 0.450. The number of furan rings is 1. The molecule has 4 rings (SSSR count). The summed E-state index contributed by atoms with van der Waals surface area (Å²) in [7, 11) is 0. The van der Waals surface area contributed by atoms with Gasteiger partial charge in [0.25, 0.3) is 5.91 Å². The highest BCUT2D eigenvalue weighted by molar-refractivity contribution is 6.31. The zero-order valence-corrected chi connectivity index (χ0v) is 17.0. The molecule has 0 saturated heterocycles. The highest BCUT2D eigenvalue weighted by atomic mass is 35.5. The molecule has 4 aromatic rings. The fourth-order valence-electron chi connectivity index (χ4n) is 2.86. The lowest BCUT2D eigenvalue weighted by Gasteiger charge is -2.12. The minimum absolute atomic E-state index is 0.0831. The lowest BCUT2D eigenvalue weighted by molar-refractivity contribution is -0.123. The number of hydrogen-bond acceptors (Lipinski definition) is 5. The highest BCUT2D eigenvalue weighted by Crippen LogP contribution is 2.32. The summed E-state index contributed by atoms with van der Waals surface area (Å²) < 4.78 is 16.7. The molecule has 0 saturated carbocycles. The second kappa shape index (κ2) is 8.65. The Bertz CT molecular complexity index is 1250. The van der Waals surface area contributed by atoms with Crippen molar-refractivity contribution >= 4 is 40.1 Å². The molecular formula is C22H15Cl2NO5. The SMILES string of the molecule is O=C(COc1c(-c2ccc(Cl)cc2)oc2ccc(Cl)cc2c1=O)NCc1ccco1. The van der Waals surface area contributed by atoms with Crippen molar-refractivity contribution in [3.63, 3.8) is 0 Å². The Morgan fingerprint density at radius 2 is 1.80 bits per heavy atom. The van der Waals surface area contributed by atoms with Crippen molar-refractivity contribution in [1.29, 1.82) is 0 Å². The second-order valence-electron chi connectivity index (χ2n) is 6.38. The highest BCUT2D eigenvalue weighted by Gasteiger charge is 2.19. The minimum atomic E-state index is -0.428. The molecule has 152 valence electrons. The van der Waals surface area contributed by atoms with E-state index < -0.39 is 11.3 Å². The molecule has 0 radical (unpaired) electrons. The van der Waals surface area contributed by atoms with Crippen LogP contribution in [0.4, 0.5) is 0 Å². The van der Waals surface area contributed by atoms with Gasteiger partial charge in [-0.2, -0.15) is 0 Å². The molecule has 0 fully saturated rings. The number of benzene rings is 2. The number of fused-ring (bicyclic) bond motifs is 1. The first kappa shape index (κ1) is 20.1. The summed E-state index contributed by atoms with van der Waals surface area (Å²) in [5.41, 5.74) is 0.505. The first-order chi connectivity index (χ1) is 14.5. The number of rotatable bonds is 6. The Kier molecular flexibility index (Phi) is 5.79. The fraction of sp³-hybridized carbons (Fsp3) is 0.0909. The Hall–Kier alpha value is -3.22. The molecule has 0 bridgehead atoms. The van der Waals surface area contributed by atoms with Crippen LogP contribution >= 0.6 is 23.2 Å². The smallest absolute Gasteiger partial charge is 0.258 e. The van der Waals surface area contributed by atoms with Crippen molar-refractivity contribution in [1.82, 2.24) is 5.32 Å². The van der Waals surface area contributed by atoms with Gasteiger partial charge in [0.15, 0.2) is 12.4 Å². The third-order valence-electron chi connectivity index (χ3n) is 4.30. The summed E-state index contributed by atoms with van der Waals surface area (Å²) in [5.74, 6) is 0.301. The number of hydrogen-bond donors (Lipinski definition) is 1. The van der Waals surface area contributed by atoms with Crippen LogP contribution in [0.1, 0.15) is 5.76 Å². The Labute approximate surface area is 181 Å². The van der Waals surface area contributed by atoms with Gasteiger partial charge in [-0.05, 0) is 54.6 Å². The molecule has 0 unspecified atom stereocenters. The molecule has 6 nitrogen and oxygen atoms in total. The predicted octanol–water partition coefficient (Wildman–Crippen LogP) is 5.06. The first-order valence-corrected chi connectivity index (χ1v) is 9.71. The number of nitrogens with one attached hydrogen (secondary N) is 1. The lowest BCUT2D eigenvalue weighted by atomic mass is 10.1. The van der Waals surface area contributed by atoms with Crippen LogP contribution in [-0.2, 0) is 11.3 Å². The van der Waals surface area contributed by atoms with E-state index in [4.69, 9.17) is 36.8 Å². The van der Waals surface area contributed by atoms with Crippen LogP contribution in [0.5, 0.6) is 5.75 Å². The average molecular weight is 444 g/mol. The number of carbonyl (C=O) groups excluding carboxylic acids is 1. The molecule has 0 aliphatic carbocycles. The van der Waals surface area contributed by atoms with E-state index in [-0.39, 0.29) is 30.0 Å². The summed E-state index contributed by atoms with van der Waals surface area (Å²) in [6, 6.07) is 14.9. The molecule has 0 atom stereocenters. The van der Waals surface area contributed by atoms with Gasteiger partial charge in [0.05, 0.1) is 18.2 Å². The summed E-state index contributed by atoms with van der Waals surface area (Å²) in [4.78, 5) is 25.3. The van der Waals surface area contributed by atoms with Gasteiger partial charge in [-0.25, -0.2) is 0 Å². The summed E-state index contributed by atoms with van der Waals surface area (Å²) in [6.45, 7) is -0.167. The molecule has 2 aromatic heterocycles. The van der Waals surface area contributed by atoms with Crippen LogP contribution in [0.25, 0.3) is 22.3 Å². The van der Waals surface area contributed by atoms with E-state index in [9.17, 15) is 9.59 Å². The van der Waals surface area contributed by atoms with Crippen LogP contribution < -0.4 is 15.5 Å². The van der Waals surface area contributed by atoms with Gasteiger partial charge < -0.3 is 18.9 Å². The normalized spacial score (nSPS) is 10.9. The molecule has 30 heavy (non-hydrogen) atoms. The van der Waals surface area contributed by atoms with Crippen molar-refractivity contribution in [2.75, 3.05) is 6.61 Å². The Balaban J connectivity index is 1.66. The van der Waals surface area contributed by atoms with Crippen LogP contribution in [0.15, 0.2) is 74.5 Å². The maximum atomic E-state index is 13.1. The van der Waals surface area contributed by atoms with Gasteiger partial charge in [0.1, 0.15) is 11.3 Å². The largest absolute Gasteiger partial charge is 0.476 e. The zero-order valence-electron chi connectivity index (χ0n) is 15.5.